The molecule has 5 rings (SSSR count). The second-order valence-corrected chi connectivity index (χ2v) is 9.17. The van der Waals surface area contributed by atoms with Gasteiger partial charge in [0.05, 0.1) is 17.7 Å². The third-order valence-electron chi connectivity index (χ3n) is 5.41. The van der Waals surface area contributed by atoms with Crippen LogP contribution < -0.4 is 9.46 Å². The fraction of sp³-hybridized carbons (Fsp3) is 0.0385. The topological polar surface area (TPSA) is 77.0 Å². The summed E-state index contributed by atoms with van der Waals surface area (Å²) in [5, 5.41) is 2.12. The number of nitrogens with zero attached hydrogens (tertiary/aromatic N) is 3. The summed E-state index contributed by atoms with van der Waals surface area (Å²) in [4.78, 5) is 13.1. The van der Waals surface area contributed by atoms with E-state index in [1.807, 2.05) is 18.2 Å². The lowest BCUT2D eigenvalue weighted by atomic mass is 9.98. The number of pyridine rings is 1. The van der Waals surface area contributed by atoms with Crippen LogP contribution in [0.3, 0.4) is 0 Å². The molecule has 0 saturated heterocycles. The monoisotopic (exact) mass is 504 g/mol. The van der Waals surface area contributed by atoms with Gasteiger partial charge in [0.25, 0.3) is 0 Å². The molecule has 2 heterocycles. The molecule has 3 aromatic carbocycles. The van der Waals surface area contributed by atoms with E-state index in [1.165, 1.54) is 18.5 Å². The zero-order valence-corrected chi connectivity index (χ0v) is 20.0. The molecular formula is C26H18ClFN4O2S. The minimum Gasteiger partial charge on any atom is -0.496 e. The van der Waals surface area contributed by atoms with Crippen LogP contribution >= 0.6 is 11.6 Å². The summed E-state index contributed by atoms with van der Waals surface area (Å²) in [6.07, 6.45) is 4.63. The zero-order valence-electron chi connectivity index (χ0n) is 18.4. The van der Waals surface area contributed by atoms with Gasteiger partial charge >= 0.3 is 0 Å². The Bertz CT molecular complexity index is 1570. The predicted octanol–water partition coefficient (Wildman–Crippen LogP) is 6.29. The summed E-state index contributed by atoms with van der Waals surface area (Å²) >= 11 is 6.63. The molecule has 9 heteroatoms. The van der Waals surface area contributed by atoms with Crippen LogP contribution in [0.15, 0.2) is 90.3 Å². The predicted molar refractivity (Wildman–Crippen MR) is 136 cm³/mol. The molecule has 0 aliphatic rings. The maximum atomic E-state index is 13.8. The molecule has 0 aliphatic carbocycles. The van der Waals surface area contributed by atoms with Gasteiger partial charge in [-0.2, -0.15) is 0 Å². The molecule has 1 N–H and O–H groups in total. The lowest BCUT2D eigenvalue weighted by Gasteiger charge is -2.15. The smallest absolute Gasteiger partial charge is 0.151 e. The standard InChI is InChI=1S/C26H18ClFN4O2S/c1-34-24-14-21(16-3-2-4-18(28)11-16)23(27)13-22(24)26-20-6-5-19(12-17(20)7-10-30-26)35(33)32-25-8-9-29-15-31-25/h2-15H,1H3,(H,29,31,32). The van der Waals surface area contributed by atoms with Gasteiger partial charge in [0, 0.05) is 33.9 Å². The van der Waals surface area contributed by atoms with Gasteiger partial charge in [0.15, 0.2) is 11.0 Å². The molecule has 6 nitrogen and oxygen atoms in total. The Morgan fingerprint density at radius 1 is 0.971 bits per heavy atom. The van der Waals surface area contributed by atoms with Crippen LogP contribution in [0.1, 0.15) is 0 Å². The van der Waals surface area contributed by atoms with Crippen LogP contribution in [-0.4, -0.2) is 26.3 Å². The van der Waals surface area contributed by atoms with Gasteiger partial charge in [-0.25, -0.2) is 18.6 Å². The van der Waals surface area contributed by atoms with Gasteiger partial charge in [0.2, 0.25) is 0 Å². The Labute approximate surface area is 208 Å². The Balaban J connectivity index is 1.55. The van der Waals surface area contributed by atoms with Crippen LogP contribution in [0.4, 0.5) is 10.2 Å². The number of fused-ring (bicyclic) bond motifs is 1. The van der Waals surface area contributed by atoms with Crippen molar-refractivity contribution in [3.05, 3.63) is 96.3 Å². The van der Waals surface area contributed by atoms with Crippen molar-refractivity contribution in [2.75, 3.05) is 11.8 Å². The first-order valence-corrected chi connectivity index (χ1v) is 12.0. The number of methoxy groups -OCH3 is 1. The summed E-state index contributed by atoms with van der Waals surface area (Å²) in [7, 11) is 0.0482. The van der Waals surface area contributed by atoms with Crippen molar-refractivity contribution >= 4 is 39.2 Å². The molecule has 0 radical (unpaired) electrons. The number of rotatable bonds is 6. The summed E-state index contributed by atoms with van der Waals surface area (Å²) in [6.45, 7) is 0. The molecule has 0 amide bonds. The fourth-order valence-electron chi connectivity index (χ4n) is 3.78. The molecule has 5 aromatic rings. The average Bonchev–Trinajstić information content (AvgIpc) is 2.88. The van der Waals surface area contributed by atoms with Gasteiger partial charge in [-0.1, -0.05) is 29.8 Å². The molecule has 1 unspecified atom stereocenters. The van der Waals surface area contributed by atoms with Crippen molar-refractivity contribution in [2.24, 2.45) is 0 Å². The molecular weight excluding hydrogens is 487 g/mol. The van der Waals surface area contributed by atoms with Gasteiger partial charge in [-0.15, -0.1) is 0 Å². The van der Waals surface area contributed by atoms with E-state index in [1.54, 1.807) is 55.9 Å². The van der Waals surface area contributed by atoms with Crippen molar-refractivity contribution in [1.82, 2.24) is 15.0 Å². The first-order valence-electron chi connectivity index (χ1n) is 10.5. The summed E-state index contributed by atoms with van der Waals surface area (Å²) < 4.78 is 35.1. The number of nitrogens with one attached hydrogen (secondary N) is 1. The van der Waals surface area contributed by atoms with Gasteiger partial charge in [-0.05, 0) is 59.5 Å². The average molecular weight is 505 g/mol. The van der Waals surface area contributed by atoms with Crippen LogP contribution in [0, 0.1) is 5.82 Å². The lowest BCUT2D eigenvalue weighted by Crippen LogP contribution is -2.06. The first kappa shape index (κ1) is 22.9. The normalized spacial score (nSPS) is 11.9. The number of hydrogen-bond acceptors (Lipinski definition) is 5. The van der Waals surface area contributed by atoms with E-state index in [0.29, 0.717) is 43.9 Å². The maximum Gasteiger partial charge on any atom is 0.151 e. The summed E-state index contributed by atoms with van der Waals surface area (Å²) in [5.41, 5.74) is 2.65. The van der Waals surface area contributed by atoms with Crippen molar-refractivity contribution < 1.29 is 13.3 Å². The molecule has 0 spiro atoms. The van der Waals surface area contributed by atoms with Gasteiger partial charge in [0.1, 0.15) is 23.7 Å². The number of benzene rings is 3. The lowest BCUT2D eigenvalue weighted by molar-refractivity contribution is 0.416. The van der Waals surface area contributed by atoms with E-state index in [2.05, 4.69) is 19.7 Å². The molecule has 0 aliphatic heterocycles. The minimum atomic E-state index is -1.51. The number of hydrogen-bond donors (Lipinski definition) is 1. The first-order chi connectivity index (χ1) is 17.0. The van der Waals surface area contributed by atoms with Gasteiger partial charge < -0.3 is 4.74 Å². The van der Waals surface area contributed by atoms with E-state index in [-0.39, 0.29) is 5.82 Å². The van der Waals surface area contributed by atoms with Crippen LogP contribution in [-0.2, 0) is 11.0 Å². The maximum absolute atomic E-state index is 13.8. The molecule has 0 bridgehead atoms. The van der Waals surface area contributed by atoms with E-state index in [4.69, 9.17) is 16.3 Å². The van der Waals surface area contributed by atoms with Crippen molar-refractivity contribution in [2.45, 2.75) is 4.90 Å². The van der Waals surface area contributed by atoms with Crippen LogP contribution in [0.25, 0.3) is 33.2 Å². The number of anilines is 1. The minimum absolute atomic E-state index is 0.347. The third-order valence-corrected chi connectivity index (χ3v) is 6.80. The second kappa shape index (κ2) is 9.77. The van der Waals surface area contributed by atoms with E-state index in [9.17, 15) is 8.60 Å². The molecule has 1 atom stereocenters. The van der Waals surface area contributed by atoms with E-state index >= 15 is 0 Å². The SMILES string of the molecule is COc1cc(-c2cccc(F)c2)c(Cl)cc1-c1nccc2cc(S(=O)Nc3ccncn3)ccc12. The Hall–Kier alpha value is -3.88. The largest absolute Gasteiger partial charge is 0.496 e. The number of aromatic nitrogens is 3. The van der Waals surface area contributed by atoms with Gasteiger partial charge in [-0.3, -0.25) is 9.71 Å². The van der Waals surface area contributed by atoms with Crippen molar-refractivity contribution in [3.63, 3.8) is 0 Å². The zero-order chi connectivity index (χ0) is 24.4. The van der Waals surface area contributed by atoms with Crippen LogP contribution in [0.2, 0.25) is 5.02 Å². The third kappa shape index (κ3) is 4.71. The Morgan fingerprint density at radius 3 is 2.63 bits per heavy atom. The van der Waals surface area contributed by atoms with Crippen molar-refractivity contribution in [3.8, 4) is 28.1 Å². The molecule has 0 fully saturated rings. The number of ether oxygens (including phenoxy) is 1. The molecule has 2 aromatic heterocycles. The highest BCUT2D eigenvalue weighted by Crippen LogP contribution is 2.41. The highest BCUT2D eigenvalue weighted by Gasteiger charge is 2.17. The molecule has 35 heavy (non-hydrogen) atoms. The molecule has 174 valence electrons. The van der Waals surface area contributed by atoms with Crippen molar-refractivity contribution in [1.29, 1.82) is 0 Å². The Morgan fingerprint density at radius 2 is 1.86 bits per heavy atom. The highest BCUT2D eigenvalue weighted by molar-refractivity contribution is 7.86. The van der Waals surface area contributed by atoms with Crippen LogP contribution in [0.5, 0.6) is 5.75 Å². The summed E-state index contributed by atoms with van der Waals surface area (Å²) in [6, 6.07) is 18.7. The highest BCUT2D eigenvalue weighted by atomic mass is 35.5. The fourth-order valence-corrected chi connectivity index (χ4v) is 4.90. The number of halogens is 2. The van der Waals surface area contributed by atoms with E-state index < -0.39 is 11.0 Å². The second-order valence-electron chi connectivity index (χ2n) is 7.55. The molecule has 0 saturated carbocycles. The Kier molecular flexibility index (Phi) is 6.39. The quantitative estimate of drug-likeness (QED) is 0.294. The van der Waals surface area contributed by atoms with E-state index in [0.717, 1.165) is 10.8 Å². The summed E-state index contributed by atoms with van der Waals surface area (Å²) in [5.74, 6) is 0.665.